The molecule has 0 radical (unpaired) electrons. The second kappa shape index (κ2) is 12.4. The molecular formula is C26H23BrN2O5. The van der Waals surface area contributed by atoms with E-state index in [4.69, 9.17) is 9.47 Å². The molecule has 0 aromatic heterocycles. The molecular weight excluding hydrogens is 500 g/mol. The Kier molecular flexibility index (Phi) is 8.99. The maximum absolute atomic E-state index is 12.5. The smallest absolute Gasteiger partial charge is 0.434 e. The molecule has 3 rings (SSSR count). The number of rotatable bonds is 8. The first-order valence-corrected chi connectivity index (χ1v) is 11.3. The van der Waals surface area contributed by atoms with Gasteiger partial charge in [-0.1, -0.05) is 52.3 Å². The highest BCUT2D eigenvalue weighted by Gasteiger charge is 2.10. The molecule has 0 atom stereocenters. The van der Waals surface area contributed by atoms with Crippen molar-refractivity contribution in [3.05, 3.63) is 100 Å². The van der Waals surface area contributed by atoms with Crippen molar-refractivity contribution >= 4 is 45.7 Å². The minimum absolute atomic E-state index is 0.211. The molecule has 2 amide bonds. The molecule has 7 nitrogen and oxygen atoms in total. The molecule has 3 aromatic carbocycles. The average molecular weight is 523 g/mol. The second-order valence-electron chi connectivity index (χ2n) is 6.99. The van der Waals surface area contributed by atoms with Gasteiger partial charge in [0.1, 0.15) is 5.75 Å². The molecule has 0 unspecified atom stereocenters. The number of carbonyl (C=O) groups excluding carboxylic acids is 3. The number of hydrogen-bond donors (Lipinski definition) is 2. The zero-order valence-corrected chi connectivity index (χ0v) is 20.0. The molecule has 0 saturated carbocycles. The summed E-state index contributed by atoms with van der Waals surface area (Å²) in [5, 5.41) is 5.67. The third-order valence-corrected chi connectivity index (χ3v) is 5.34. The van der Waals surface area contributed by atoms with E-state index in [0.29, 0.717) is 11.3 Å². The molecule has 0 aliphatic carbocycles. The summed E-state index contributed by atoms with van der Waals surface area (Å²) in [7, 11) is 0. The Bertz CT molecular complexity index is 1190. The van der Waals surface area contributed by atoms with E-state index in [9.17, 15) is 14.4 Å². The van der Waals surface area contributed by atoms with Gasteiger partial charge in [0.15, 0.2) is 0 Å². The van der Waals surface area contributed by atoms with Crippen molar-refractivity contribution in [3.63, 3.8) is 0 Å². The lowest BCUT2D eigenvalue weighted by Crippen LogP contribution is -2.23. The van der Waals surface area contributed by atoms with Crippen molar-refractivity contribution in [1.82, 2.24) is 5.32 Å². The monoisotopic (exact) mass is 522 g/mol. The van der Waals surface area contributed by atoms with Crippen molar-refractivity contribution in [3.8, 4) is 5.75 Å². The summed E-state index contributed by atoms with van der Waals surface area (Å²) in [6, 6.07) is 20.9. The van der Waals surface area contributed by atoms with Gasteiger partial charge in [-0.2, -0.15) is 0 Å². The van der Waals surface area contributed by atoms with E-state index in [2.05, 4.69) is 26.6 Å². The minimum Gasteiger partial charge on any atom is -0.434 e. The van der Waals surface area contributed by atoms with Gasteiger partial charge in [0, 0.05) is 28.3 Å². The highest BCUT2D eigenvalue weighted by atomic mass is 79.9. The Morgan fingerprint density at radius 2 is 1.65 bits per heavy atom. The molecule has 0 bridgehead atoms. The topological polar surface area (TPSA) is 93.7 Å². The van der Waals surface area contributed by atoms with Crippen LogP contribution >= 0.6 is 15.9 Å². The molecule has 34 heavy (non-hydrogen) atoms. The summed E-state index contributed by atoms with van der Waals surface area (Å²) in [5.74, 6) is -0.317. The van der Waals surface area contributed by atoms with Crippen LogP contribution in [0.2, 0.25) is 0 Å². The Hall–Kier alpha value is -3.91. The average Bonchev–Trinajstić information content (AvgIpc) is 2.83. The predicted molar refractivity (Wildman–Crippen MR) is 134 cm³/mol. The molecule has 0 aliphatic rings. The molecule has 3 aromatic rings. The quantitative estimate of drug-likeness (QED) is 0.229. The summed E-state index contributed by atoms with van der Waals surface area (Å²) in [4.78, 5) is 36.3. The normalized spacial score (nSPS) is 10.5. The lowest BCUT2D eigenvalue weighted by Gasteiger charge is -2.11. The molecule has 0 saturated heterocycles. The van der Waals surface area contributed by atoms with E-state index < -0.39 is 6.16 Å². The second-order valence-corrected chi connectivity index (χ2v) is 7.85. The van der Waals surface area contributed by atoms with E-state index in [1.807, 2.05) is 36.4 Å². The standard InChI is InChI=1S/C26H23BrN2O5/c1-2-33-26(32)34-21-14-11-19(12-15-21)25(31)28-17-20-8-4-6-10-23(20)29-24(30)16-13-18-7-3-5-9-22(18)27/h3-16H,2,17H2,1H3,(H,28,31)(H,29,30)/b16-13+. The molecule has 8 heteroatoms. The SMILES string of the molecule is CCOC(=O)Oc1ccc(C(=O)NCc2ccccc2NC(=O)/C=C/c2ccccc2Br)cc1. The molecule has 0 fully saturated rings. The van der Waals surface area contributed by atoms with Gasteiger partial charge >= 0.3 is 6.16 Å². The van der Waals surface area contributed by atoms with Crippen LogP contribution in [-0.2, 0) is 16.1 Å². The molecule has 174 valence electrons. The van der Waals surface area contributed by atoms with Crippen molar-refractivity contribution in [2.24, 2.45) is 0 Å². The lowest BCUT2D eigenvalue weighted by molar-refractivity contribution is -0.111. The fourth-order valence-electron chi connectivity index (χ4n) is 2.94. The summed E-state index contributed by atoms with van der Waals surface area (Å²) in [5.41, 5.74) is 2.63. The molecule has 0 aliphatic heterocycles. The van der Waals surface area contributed by atoms with Gasteiger partial charge in [0.2, 0.25) is 5.91 Å². The van der Waals surface area contributed by atoms with Crippen LogP contribution in [-0.4, -0.2) is 24.6 Å². The fraction of sp³-hybridized carbons (Fsp3) is 0.115. The third kappa shape index (κ3) is 7.31. The zero-order valence-electron chi connectivity index (χ0n) is 18.4. The first-order chi connectivity index (χ1) is 16.5. The van der Waals surface area contributed by atoms with Crippen LogP contribution in [0.5, 0.6) is 5.75 Å². The third-order valence-electron chi connectivity index (χ3n) is 4.61. The van der Waals surface area contributed by atoms with Crippen LogP contribution in [0.3, 0.4) is 0 Å². The Morgan fingerprint density at radius 3 is 2.38 bits per heavy atom. The van der Waals surface area contributed by atoms with Gasteiger partial charge in [-0.25, -0.2) is 4.79 Å². The van der Waals surface area contributed by atoms with Crippen LogP contribution in [0.4, 0.5) is 10.5 Å². The van der Waals surface area contributed by atoms with E-state index in [0.717, 1.165) is 15.6 Å². The number of anilines is 1. The minimum atomic E-state index is -0.801. The van der Waals surface area contributed by atoms with Crippen molar-refractivity contribution < 1.29 is 23.9 Å². The highest BCUT2D eigenvalue weighted by Crippen LogP contribution is 2.19. The lowest BCUT2D eigenvalue weighted by atomic mass is 10.1. The van der Waals surface area contributed by atoms with Crippen molar-refractivity contribution in [2.75, 3.05) is 11.9 Å². The number of halogens is 1. The van der Waals surface area contributed by atoms with E-state index in [-0.39, 0.29) is 30.7 Å². The van der Waals surface area contributed by atoms with E-state index in [1.54, 1.807) is 37.3 Å². The maximum atomic E-state index is 12.5. The number of para-hydroxylation sites is 1. The molecule has 0 heterocycles. The van der Waals surface area contributed by atoms with Crippen LogP contribution in [0.1, 0.15) is 28.4 Å². The molecule has 2 N–H and O–H groups in total. The summed E-state index contributed by atoms with van der Waals surface area (Å²) < 4.78 is 10.6. The van der Waals surface area contributed by atoms with Gasteiger partial charge in [0.05, 0.1) is 6.61 Å². The first kappa shape index (κ1) is 24.7. The largest absolute Gasteiger partial charge is 0.513 e. The van der Waals surface area contributed by atoms with Crippen LogP contribution in [0, 0.1) is 0 Å². The van der Waals surface area contributed by atoms with Crippen molar-refractivity contribution in [2.45, 2.75) is 13.5 Å². The number of ether oxygens (including phenoxy) is 2. The van der Waals surface area contributed by atoms with Crippen LogP contribution in [0.15, 0.2) is 83.3 Å². The summed E-state index contributed by atoms with van der Waals surface area (Å²) in [6.45, 7) is 2.10. The Balaban J connectivity index is 1.58. The maximum Gasteiger partial charge on any atom is 0.513 e. The van der Waals surface area contributed by atoms with E-state index in [1.165, 1.54) is 18.2 Å². The fourth-order valence-corrected chi connectivity index (χ4v) is 3.36. The predicted octanol–water partition coefficient (Wildman–Crippen LogP) is 5.57. The van der Waals surface area contributed by atoms with Gasteiger partial charge in [-0.05, 0) is 60.5 Å². The number of carbonyl (C=O) groups is 3. The summed E-state index contributed by atoms with van der Waals surface area (Å²) >= 11 is 3.45. The number of hydrogen-bond acceptors (Lipinski definition) is 5. The van der Waals surface area contributed by atoms with E-state index >= 15 is 0 Å². The number of amides is 2. The Labute approximate surface area is 205 Å². The van der Waals surface area contributed by atoms with Crippen LogP contribution < -0.4 is 15.4 Å². The molecule has 0 spiro atoms. The van der Waals surface area contributed by atoms with Gasteiger partial charge in [0.25, 0.3) is 5.91 Å². The van der Waals surface area contributed by atoms with Gasteiger partial charge in [-0.15, -0.1) is 0 Å². The number of nitrogens with one attached hydrogen (secondary N) is 2. The van der Waals surface area contributed by atoms with Crippen molar-refractivity contribution in [1.29, 1.82) is 0 Å². The zero-order chi connectivity index (χ0) is 24.3. The Morgan fingerprint density at radius 1 is 0.941 bits per heavy atom. The number of benzene rings is 3. The highest BCUT2D eigenvalue weighted by molar-refractivity contribution is 9.10. The van der Waals surface area contributed by atoms with Gasteiger partial charge < -0.3 is 20.1 Å². The first-order valence-electron chi connectivity index (χ1n) is 10.5. The van der Waals surface area contributed by atoms with Gasteiger partial charge in [-0.3, -0.25) is 9.59 Å². The summed E-state index contributed by atoms with van der Waals surface area (Å²) in [6.07, 6.45) is 2.37. The van der Waals surface area contributed by atoms with Crippen LogP contribution in [0.25, 0.3) is 6.08 Å².